The van der Waals surface area contributed by atoms with Crippen molar-refractivity contribution in [1.82, 2.24) is 0 Å². The van der Waals surface area contributed by atoms with Crippen LogP contribution in [0.25, 0.3) is 43.4 Å². The van der Waals surface area contributed by atoms with Crippen LogP contribution in [0.5, 0.6) is 0 Å². The molecule has 0 bridgehead atoms. The summed E-state index contributed by atoms with van der Waals surface area (Å²) in [6.07, 6.45) is 2.34. The molecule has 0 amide bonds. The third-order valence-corrected chi connectivity index (χ3v) is 6.42. The van der Waals surface area contributed by atoms with Gasteiger partial charge in [0.2, 0.25) is 0 Å². The zero-order valence-corrected chi connectivity index (χ0v) is 14.8. The zero-order valence-electron chi connectivity index (χ0n) is 14.8. The Bertz CT molecular complexity index is 1430. The molecule has 0 aromatic heterocycles. The van der Waals surface area contributed by atoms with E-state index in [0.29, 0.717) is 0 Å². The first-order chi connectivity index (χ1) is 13.4. The molecule has 0 saturated heterocycles. The van der Waals surface area contributed by atoms with Gasteiger partial charge in [-0.25, -0.2) is 0 Å². The van der Waals surface area contributed by atoms with Gasteiger partial charge >= 0.3 is 0 Å². The quantitative estimate of drug-likeness (QED) is 0.294. The minimum atomic E-state index is 1.17. The molecule has 0 saturated carbocycles. The standard InChI is InChI=1S/C26H17N/c1-2-4-18-14-21-19(13-17(18)3-1)9-12-22-25(21)20-10-7-15-5-6-16-8-11-23(27-22)26(20)24(15)16/h1-4,7-14,27H,5-6H2. The van der Waals surface area contributed by atoms with Gasteiger partial charge in [-0.2, -0.15) is 0 Å². The molecule has 0 radical (unpaired) electrons. The lowest BCUT2D eigenvalue weighted by molar-refractivity contribution is 1.02. The molecular weight excluding hydrogens is 326 g/mol. The summed E-state index contributed by atoms with van der Waals surface area (Å²) in [4.78, 5) is 0. The Morgan fingerprint density at radius 2 is 1.33 bits per heavy atom. The van der Waals surface area contributed by atoms with Gasteiger partial charge in [0, 0.05) is 22.3 Å². The zero-order chi connectivity index (χ0) is 17.5. The Labute approximate surface area is 157 Å². The van der Waals surface area contributed by atoms with E-state index in [1.165, 1.54) is 78.8 Å². The number of aryl methyl sites for hydroxylation is 2. The van der Waals surface area contributed by atoms with Crippen LogP contribution in [0.15, 0.2) is 72.8 Å². The van der Waals surface area contributed by atoms with Crippen molar-refractivity contribution in [2.24, 2.45) is 0 Å². The predicted octanol–water partition coefficient (Wildman–Crippen LogP) is 6.97. The van der Waals surface area contributed by atoms with Gasteiger partial charge in [-0.15, -0.1) is 0 Å². The largest absolute Gasteiger partial charge is 0.354 e. The number of anilines is 2. The second-order valence-electron chi connectivity index (χ2n) is 7.83. The molecule has 1 nitrogen and oxygen atoms in total. The van der Waals surface area contributed by atoms with E-state index < -0.39 is 0 Å². The highest BCUT2D eigenvalue weighted by atomic mass is 14.9. The van der Waals surface area contributed by atoms with Crippen LogP contribution in [0.2, 0.25) is 0 Å². The van der Waals surface area contributed by atoms with E-state index in [4.69, 9.17) is 0 Å². The van der Waals surface area contributed by atoms with E-state index >= 15 is 0 Å². The normalized spacial score (nSPS) is 13.9. The number of hydrogen-bond donors (Lipinski definition) is 1. The van der Waals surface area contributed by atoms with Crippen molar-refractivity contribution in [1.29, 1.82) is 0 Å². The van der Waals surface area contributed by atoms with E-state index in [2.05, 4.69) is 78.1 Å². The van der Waals surface area contributed by atoms with Gasteiger partial charge in [-0.3, -0.25) is 0 Å². The molecule has 0 atom stereocenters. The van der Waals surface area contributed by atoms with E-state index in [1.807, 2.05) is 0 Å². The minimum Gasteiger partial charge on any atom is -0.354 e. The Hall–Kier alpha value is -3.32. The maximum atomic E-state index is 3.73. The van der Waals surface area contributed by atoms with Crippen molar-refractivity contribution in [3.8, 4) is 11.1 Å². The van der Waals surface area contributed by atoms with Crippen LogP contribution in [0.3, 0.4) is 0 Å². The number of hydrogen-bond acceptors (Lipinski definition) is 1. The van der Waals surface area contributed by atoms with Crippen LogP contribution < -0.4 is 5.32 Å². The summed E-state index contributed by atoms with van der Waals surface area (Å²) >= 11 is 0. The van der Waals surface area contributed by atoms with Gasteiger partial charge in [-0.05, 0) is 80.7 Å². The van der Waals surface area contributed by atoms with Gasteiger partial charge in [0.15, 0.2) is 0 Å². The van der Waals surface area contributed by atoms with E-state index in [-0.39, 0.29) is 0 Å². The van der Waals surface area contributed by atoms with Crippen LogP contribution in [0, 0.1) is 0 Å². The van der Waals surface area contributed by atoms with E-state index in [0.717, 1.165) is 0 Å². The van der Waals surface area contributed by atoms with Crippen molar-refractivity contribution in [2.75, 3.05) is 5.32 Å². The molecule has 7 rings (SSSR count). The summed E-state index contributed by atoms with van der Waals surface area (Å²) in [5, 5.41) is 11.9. The Morgan fingerprint density at radius 3 is 2.19 bits per heavy atom. The molecule has 2 aliphatic rings. The lowest BCUT2D eigenvalue weighted by atomic mass is 9.87. The topological polar surface area (TPSA) is 12.0 Å². The van der Waals surface area contributed by atoms with Crippen molar-refractivity contribution in [2.45, 2.75) is 12.8 Å². The molecule has 1 N–H and O–H groups in total. The van der Waals surface area contributed by atoms with Crippen molar-refractivity contribution < 1.29 is 0 Å². The molecule has 27 heavy (non-hydrogen) atoms. The van der Waals surface area contributed by atoms with Crippen LogP contribution in [-0.2, 0) is 12.8 Å². The van der Waals surface area contributed by atoms with Gasteiger partial charge in [0.1, 0.15) is 0 Å². The van der Waals surface area contributed by atoms with Gasteiger partial charge in [-0.1, -0.05) is 48.5 Å². The maximum absolute atomic E-state index is 3.73. The molecule has 5 aromatic rings. The highest BCUT2D eigenvalue weighted by molar-refractivity contribution is 6.20. The molecule has 1 aliphatic carbocycles. The molecule has 0 fully saturated rings. The molecule has 1 aliphatic heterocycles. The van der Waals surface area contributed by atoms with Gasteiger partial charge < -0.3 is 5.32 Å². The van der Waals surface area contributed by atoms with Crippen LogP contribution in [0.4, 0.5) is 11.4 Å². The summed E-state index contributed by atoms with van der Waals surface area (Å²) in [6.45, 7) is 0. The summed E-state index contributed by atoms with van der Waals surface area (Å²) in [5.41, 5.74) is 8.19. The SMILES string of the molecule is c1ccc2cc3c4c(ccc3cc2c1)Nc1ccc2c3c(ccc-4c13)CC2. The smallest absolute Gasteiger partial charge is 0.0470 e. The number of rotatable bonds is 0. The lowest BCUT2D eigenvalue weighted by Gasteiger charge is -2.25. The van der Waals surface area contributed by atoms with Gasteiger partial charge in [0.25, 0.3) is 0 Å². The Balaban J connectivity index is 1.68. The second kappa shape index (κ2) is 4.69. The highest BCUT2D eigenvalue weighted by Gasteiger charge is 2.25. The first-order valence-corrected chi connectivity index (χ1v) is 9.67. The summed E-state index contributed by atoms with van der Waals surface area (Å²) < 4.78 is 0. The van der Waals surface area contributed by atoms with Crippen molar-refractivity contribution in [3.63, 3.8) is 0 Å². The number of benzene rings is 5. The summed E-state index contributed by atoms with van der Waals surface area (Å²) in [5.74, 6) is 0. The van der Waals surface area contributed by atoms with Crippen LogP contribution in [0.1, 0.15) is 11.1 Å². The van der Waals surface area contributed by atoms with Crippen LogP contribution >= 0.6 is 0 Å². The maximum Gasteiger partial charge on any atom is 0.0470 e. The van der Waals surface area contributed by atoms with Crippen molar-refractivity contribution in [3.05, 3.63) is 83.9 Å². The van der Waals surface area contributed by atoms with Crippen LogP contribution in [-0.4, -0.2) is 0 Å². The molecule has 0 spiro atoms. The third kappa shape index (κ3) is 1.69. The minimum absolute atomic E-state index is 1.17. The van der Waals surface area contributed by atoms with E-state index in [1.54, 1.807) is 0 Å². The Kier molecular flexibility index (Phi) is 2.40. The predicted molar refractivity (Wildman–Crippen MR) is 115 cm³/mol. The first kappa shape index (κ1) is 13.8. The molecule has 0 unspecified atom stereocenters. The third-order valence-electron chi connectivity index (χ3n) is 6.42. The summed E-state index contributed by atoms with van der Waals surface area (Å²) in [7, 11) is 0. The molecule has 5 aromatic carbocycles. The first-order valence-electron chi connectivity index (χ1n) is 9.67. The molecular formula is C26H17N. The number of fused-ring (bicyclic) bond motifs is 5. The fourth-order valence-corrected chi connectivity index (χ4v) is 5.19. The van der Waals surface area contributed by atoms with Crippen molar-refractivity contribution >= 4 is 43.7 Å². The van der Waals surface area contributed by atoms with E-state index in [9.17, 15) is 0 Å². The number of nitrogens with one attached hydrogen (secondary N) is 1. The average Bonchev–Trinajstić information content (AvgIpc) is 3.14. The molecule has 126 valence electrons. The fraction of sp³-hybridized carbons (Fsp3) is 0.0769. The Morgan fingerprint density at radius 1 is 0.593 bits per heavy atom. The molecule has 1 heterocycles. The monoisotopic (exact) mass is 343 g/mol. The fourth-order valence-electron chi connectivity index (χ4n) is 5.19. The molecule has 1 heteroatoms. The lowest BCUT2D eigenvalue weighted by Crippen LogP contribution is -2.02. The second-order valence-corrected chi connectivity index (χ2v) is 7.83. The average molecular weight is 343 g/mol. The summed E-state index contributed by atoms with van der Waals surface area (Å²) in [6, 6.07) is 27.1. The highest BCUT2D eigenvalue weighted by Crippen LogP contribution is 2.49. The van der Waals surface area contributed by atoms with Gasteiger partial charge in [0.05, 0.1) is 0 Å².